The van der Waals surface area contributed by atoms with E-state index in [4.69, 9.17) is 12.2 Å². The molecule has 0 aromatic carbocycles. The summed E-state index contributed by atoms with van der Waals surface area (Å²) in [5, 5.41) is 2.80. The SMILES string of the molecule is C=CNC(=S)c1nc[nH]c1C. The molecule has 3 nitrogen and oxygen atoms in total. The highest BCUT2D eigenvalue weighted by Gasteiger charge is 2.04. The number of hydrogen-bond acceptors (Lipinski definition) is 2. The second kappa shape index (κ2) is 3.30. The van der Waals surface area contributed by atoms with Crippen LogP contribution in [0, 0.1) is 6.92 Å². The minimum Gasteiger partial charge on any atom is -0.352 e. The summed E-state index contributed by atoms with van der Waals surface area (Å²) in [5.41, 5.74) is 1.74. The molecule has 2 N–H and O–H groups in total. The molecule has 1 aromatic heterocycles. The summed E-state index contributed by atoms with van der Waals surface area (Å²) in [5.74, 6) is 0. The predicted octanol–water partition coefficient (Wildman–Crippen LogP) is 1.13. The molecular formula is C7H9N3S. The summed E-state index contributed by atoms with van der Waals surface area (Å²) in [6, 6.07) is 0. The summed E-state index contributed by atoms with van der Waals surface area (Å²) in [4.78, 5) is 7.56. The number of aryl methyl sites for hydroxylation is 1. The van der Waals surface area contributed by atoms with Crippen molar-refractivity contribution < 1.29 is 0 Å². The lowest BCUT2D eigenvalue weighted by molar-refractivity contribution is 1.24. The number of hydrogen-bond donors (Lipinski definition) is 2. The number of aromatic nitrogens is 2. The average molecular weight is 167 g/mol. The van der Waals surface area contributed by atoms with Gasteiger partial charge in [0.2, 0.25) is 0 Å². The second-order valence-electron chi connectivity index (χ2n) is 2.05. The Morgan fingerprint density at radius 1 is 1.91 bits per heavy atom. The largest absolute Gasteiger partial charge is 0.352 e. The van der Waals surface area contributed by atoms with Gasteiger partial charge in [-0.2, -0.15) is 0 Å². The van der Waals surface area contributed by atoms with E-state index in [1.54, 1.807) is 6.33 Å². The molecule has 0 saturated heterocycles. The van der Waals surface area contributed by atoms with Crippen LogP contribution in [0.4, 0.5) is 0 Å². The Bertz CT molecular complexity index is 277. The first kappa shape index (κ1) is 7.94. The van der Waals surface area contributed by atoms with Crippen LogP contribution in [-0.2, 0) is 0 Å². The molecule has 0 fully saturated rings. The van der Waals surface area contributed by atoms with Gasteiger partial charge in [0, 0.05) is 5.69 Å². The van der Waals surface area contributed by atoms with Crippen molar-refractivity contribution in [3.05, 3.63) is 30.5 Å². The minimum atomic E-state index is 0.596. The molecule has 0 saturated carbocycles. The normalized spacial score (nSPS) is 9.18. The number of aromatic amines is 1. The van der Waals surface area contributed by atoms with Crippen LogP contribution >= 0.6 is 12.2 Å². The topological polar surface area (TPSA) is 40.7 Å². The maximum Gasteiger partial charge on any atom is 0.131 e. The van der Waals surface area contributed by atoms with Crippen LogP contribution in [0.1, 0.15) is 11.4 Å². The Labute approximate surface area is 70.5 Å². The van der Waals surface area contributed by atoms with Gasteiger partial charge in [0.05, 0.1) is 6.33 Å². The van der Waals surface area contributed by atoms with E-state index in [-0.39, 0.29) is 0 Å². The molecule has 1 heterocycles. The van der Waals surface area contributed by atoms with E-state index in [0.29, 0.717) is 4.99 Å². The second-order valence-corrected chi connectivity index (χ2v) is 2.46. The van der Waals surface area contributed by atoms with Gasteiger partial charge in [0.1, 0.15) is 10.7 Å². The van der Waals surface area contributed by atoms with E-state index in [1.807, 2.05) is 6.92 Å². The molecule has 0 unspecified atom stereocenters. The fraction of sp³-hybridized carbons (Fsp3) is 0.143. The summed E-state index contributed by atoms with van der Waals surface area (Å²) in [7, 11) is 0. The van der Waals surface area contributed by atoms with Crippen molar-refractivity contribution in [1.29, 1.82) is 0 Å². The molecule has 0 spiro atoms. The summed E-state index contributed by atoms with van der Waals surface area (Å²) < 4.78 is 0. The molecule has 0 bridgehead atoms. The summed E-state index contributed by atoms with van der Waals surface area (Å²) in [6.07, 6.45) is 3.15. The van der Waals surface area contributed by atoms with Gasteiger partial charge in [-0.1, -0.05) is 18.8 Å². The number of thiocarbonyl (C=S) groups is 1. The van der Waals surface area contributed by atoms with Gasteiger partial charge in [0.25, 0.3) is 0 Å². The highest BCUT2D eigenvalue weighted by Crippen LogP contribution is 2.00. The van der Waals surface area contributed by atoms with Crippen molar-refractivity contribution in [3.63, 3.8) is 0 Å². The zero-order chi connectivity index (χ0) is 8.27. The standard InChI is InChI=1S/C7H9N3S/c1-3-8-7(11)6-5(2)9-4-10-6/h3-4H,1H2,2H3,(H,8,11)(H,9,10). The van der Waals surface area contributed by atoms with Crippen molar-refractivity contribution in [2.75, 3.05) is 0 Å². The molecule has 1 aromatic rings. The maximum atomic E-state index is 5.00. The van der Waals surface area contributed by atoms with Crippen LogP contribution in [0.25, 0.3) is 0 Å². The first-order chi connectivity index (χ1) is 5.25. The number of nitrogens with one attached hydrogen (secondary N) is 2. The Kier molecular flexibility index (Phi) is 2.38. The molecule has 11 heavy (non-hydrogen) atoms. The average Bonchev–Trinajstić information content (AvgIpc) is 2.36. The van der Waals surface area contributed by atoms with E-state index in [1.165, 1.54) is 6.20 Å². The quantitative estimate of drug-likeness (QED) is 0.649. The van der Waals surface area contributed by atoms with Crippen molar-refractivity contribution >= 4 is 17.2 Å². The van der Waals surface area contributed by atoms with Crippen molar-refractivity contribution in [2.45, 2.75) is 6.92 Å². The van der Waals surface area contributed by atoms with Gasteiger partial charge in [0.15, 0.2) is 0 Å². The molecular weight excluding hydrogens is 158 g/mol. The maximum absolute atomic E-state index is 5.00. The summed E-state index contributed by atoms with van der Waals surface area (Å²) >= 11 is 5.00. The minimum absolute atomic E-state index is 0.596. The van der Waals surface area contributed by atoms with Gasteiger partial charge in [-0.05, 0) is 13.1 Å². The molecule has 58 valence electrons. The number of H-pyrrole nitrogens is 1. The first-order valence-corrected chi connectivity index (χ1v) is 3.58. The van der Waals surface area contributed by atoms with E-state index >= 15 is 0 Å². The molecule has 0 radical (unpaired) electrons. The van der Waals surface area contributed by atoms with E-state index in [9.17, 15) is 0 Å². The van der Waals surface area contributed by atoms with Crippen LogP contribution in [0.5, 0.6) is 0 Å². The third kappa shape index (κ3) is 1.65. The van der Waals surface area contributed by atoms with Crippen LogP contribution < -0.4 is 5.32 Å². The Balaban J connectivity index is 2.83. The Morgan fingerprint density at radius 3 is 3.09 bits per heavy atom. The number of rotatable bonds is 2. The van der Waals surface area contributed by atoms with Gasteiger partial charge in [-0.3, -0.25) is 0 Å². The number of imidazole rings is 1. The molecule has 0 amide bonds. The third-order valence-corrected chi connectivity index (χ3v) is 1.59. The number of nitrogens with zero attached hydrogens (tertiary/aromatic N) is 1. The smallest absolute Gasteiger partial charge is 0.131 e. The zero-order valence-corrected chi connectivity index (χ0v) is 7.03. The molecule has 0 aliphatic rings. The summed E-state index contributed by atoms with van der Waals surface area (Å²) in [6.45, 7) is 5.42. The lowest BCUT2D eigenvalue weighted by Gasteiger charge is -1.98. The van der Waals surface area contributed by atoms with E-state index in [0.717, 1.165) is 11.4 Å². The van der Waals surface area contributed by atoms with Gasteiger partial charge in [-0.15, -0.1) is 0 Å². The van der Waals surface area contributed by atoms with E-state index in [2.05, 4.69) is 21.9 Å². The Hall–Kier alpha value is -1.16. The van der Waals surface area contributed by atoms with Gasteiger partial charge >= 0.3 is 0 Å². The predicted molar refractivity (Wildman–Crippen MR) is 48.4 cm³/mol. The lowest BCUT2D eigenvalue weighted by Crippen LogP contribution is -2.16. The van der Waals surface area contributed by atoms with Crippen molar-refractivity contribution in [3.8, 4) is 0 Å². The third-order valence-electron chi connectivity index (χ3n) is 1.28. The highest BCUT2D eigenvalue weighted by molar-refractivity contribution is 7.80. The van der Waals surface area contributed by atoms with Crippen molar-refractivity contribution in [2.24, 2.45) is 0 Å². The van der Waals surface area contributed by atoms with Gasteiger partial charge < -0.3 is 10.3 Å². The van der Waals surface area contributed by atoms with Crippen LogP contribution in [-0.4, -0.2) is 15.0 Å². The fourth-order valence-corrected chi connectivity index (χ4v) is 1.04. The Morgan fingerprint density at radius 2 is 2.64 bits per heavy atom. The molecule has 0 aliphatic heterocycles. The van der Waals surface area contributed by atoms with E-state index < -0.39 is 0 Å². The van der Waals surface area contributed by atoms with Crippen LogP contribution in [0.2, 0.25) is 0 Å². The first-order valence-electron chi connectivity index (χ1n) is 3.17. The lowest BCUT2D eigenvalue weighted by atomic mass is 10.3. The molecule has 4 heteroatoms. The molecule has 0 aliphatic carbocycles. The van der Waals surface area contributed by atoms with Gasteiger partial charge in [-0.25, -0.2) is 4.98 Å². The monoisotopic (exact) mass is 167 g/mol. The van der Waals surface area contributed by atoms with Crippen LogP contribution in [0.3, 0.4) is 0 Å². The van der Waals surface area contributed by atoms with Crippen molar-refractivity contribution in [1.82, 2.24) is 15.3 Å². The molecule has 0 atom stereocenters. The zero-order valence-electron chi connectivity index (χ0n) is 6.22. The van der Waals surface area contributed by atoms with Crippen LogP contribution in [0.15, 0.2) is 19.1 Å². The fourth-order valence-electron chi connectivity index (χ4n) is 0.749. The highest BCUT2D eigenvalue weighted by atomic mass is 32.1. The molecule has 1 rings (SSSR count).